The number of nitrogens with zero attached hydrogens (tertiary/aromatic N) is 3. The average molecular weight is 430 g/mol. The Morgan fingerprint density at radius 1 is 1.13 bits per heavy atom. The molecular weight excluding hydrogens is 399 g/mol. The van der Waals surface area contributed by atoms with E-state index in [0.717, 1.165) is 31.3 Å². The Hall–Kier alpha value is -0.820. The summed E-state index contributed by atoms with van der Waals surface area (Å²) in [5, 5.41) is 3.52. The van der Waals surface area contributed by atoms with Crippen LogP contribution in [0.25, 0.3) is 0 Å². The van der Waals surface area contributed by atoms with Gasteiger partial charge in [0, 0.05) is 24.3 Å². The van der Waals surface area contributed by atoms with Crippen molar-refractivity contribution in [1.29, 1.82) is 0 Å². The van der Waals surface area contributed by atoms with Crippen molar-refractivity contribution in [3.8, 4) is 0 Å². The largest absolute Gasteiger partial charge is 0.343 e. The number of rotatable bonds is 4. The van der Waals surface area contributed by atoms with Gasteiger partial charge in [-0.1, -0.05) is 18.2 Å². The van der Waals surface area contributed by atoms with Crippen molar-refractivity contribution in [2.75, 3.05) is 39.0 Å². The molecule has 1 fully saturated rings. The Morgan fingerprint density at radius 2 is 1.74 bits per heavy atom. The third-order valence-corrected chi connectivity index (χ3v) is 4.51. The van der Waals surface area contributed by atoms with Gasteiger partial charge in [-0.3, -0.25) is 4.99 Å². The maximum atomic E-state index is 4.93. The molecule has 0 spiro atoms. The van der Waals surface area contributed by atoms with Gasteiger partial charge < -0.3 is 15.1 Å². The van der Waals surface area contributed by atoms with Gasteiger partial charge in [-0.2, -0.15) is 0 Å². The van der Waals surface area contributed by atoms with Gasteiger partial charge >= 0.3 is 0 Å². The molecule has 0 bridgehead atoms. The molecule has 1 heterocycles. The standard InChI is InChI=1S/C18H30N4.HI/c1-18(2,21(3)4)15-19-17(22-13-9-6-10-14-22)20-16-11-7-5-8-12-16;/h5,7-8,11-12H,6,9-10,13-15H2,1-4H3,(H,19,20);1H. The van der Waals surface area contributed by atoms with E-state index >= 15 is 0 Å². The van der Waals surface area contributed by atoms with Crippen LogP contribution in [0.1, 0.15) is 33.1 Å². The zero-order valence-electron chi connectivity index (χ0n) is 14.9. The predicted octanol–water partition coefficient (Wildman–Crippen LogP) is 3.90. The van der Waals surface area contributed by atoms with Gasteiger partial charge in [-0.25, -0.2) is 0 Å². The summed E-state index contributed by atoms with van der Waals surface area (Å²) in [7, 11) is 4.22. The number of para-hydroxylation sites is 1. The predicted molar refractivity (Wildman–Crippen MR) is 111 cm³/mol. The molecule has 1 aliphatic rings. The van der Waals surface area contributed by atoms with Crippen LogP contribution in [-0.2, 0) is 0 Å². The van der Waals surface area contributed by atoms with Gasteiger partial charge in [0.1, 0.15) is 0 Å². The van der Waals surface area contributed by atoms with Gasteiger partial charge in [0.15, 0.2) is 5.96 Å². The highest BCUT2D eigenvalue weighted by atomic mass is 127. The van der Waals surface area contributed by atoms with Crippen LogP contribution in [0.3, 0.4) is 0 Å². The summed E-state index contributed by atoms with van der Waals surface area (Å²) in [6, 6.07) is 10.3. The molecule has 0 saturated carbocycles. The Balaban J connectivity index is 0.00000264. The van der Waals surface area contributed by atoms with Gasteiger partial charge in [0.2, 0.25) is 0 Å². The molecular formula is C18H31IN4. The fraction of sp³-hybridized carbons (Fsp3) is 0.611. The van der Waals surface area contributed by atoms with E-state index in [-0.39, 0.29) is 29.5 Å². The fourth-order valence-corrected chi connectivity index (χ4v) is 2.38. The maximum absolute atomic E-state index is 4.93. The molecule has 130 valence electrons. The SMILES string of the molecule is CN(C)C(C)(C)CN=C(Nc1ccccc1)N1CCCCC1.I. The summed E-state index contributed by atoms with van der Waals surface area (Å²) in [5.74, 6) is 1.01. The van der Waals surface area contributed by atoms with Gasteiger partial charge in [-0.05, 0) is 59.3 Å². The third kappa shape index (κ3) is 6.30. The third-order valence-electron chi connectivity index (χ3n) is 4.51. The first-order valence-corrected chi connectivity index (χ1v) is 8.28. The number of aliphatic imine (C=N–C) groups is 1. The minimum Gasteiger partial charge on any atom is -0.343 e. The number of likely N-dealkylation sites (N-methyl/N-ethyl adjacent to an activating group) is 1. The van der Waals surface area contributed by atoms with Crippen LogP contribution >= 0.6 is 24.0 Å². The second-order valence-corrected chi connectivity index (χ2v) is 6.89. The maximum Gasteiger partial charge on any atom is 0.198 e. The van der Waals surface area contributed by atoms with Crippen molar-refractivity contribution in [2.45, 2.75) is 38.6 Å². The molecule has 0 aromatic heterocycles. The van der Waals surface area contributed by atoms with Gasteiger partial charge in [-0.15, -0.1) is 24.0 Å². The molecule has 1 N–H and O–H groups in total. The monoisotopic (exact) mass is 430 g/mol. The minimum atomic E-state index is 0. The smallest absolute Gasteiger partial charge is 0.198 e. The summed E-state index contributed by atoms with van der Waals surface area (Å²) in [5.41, 5.74) is 1.16. The Bertz CT molecular complexity index is 479. The molecule has 4 nitrogen and oxygen atoms in total. The number of hydrogen-bond acceptors (Lipinski definition) is 2. The molecule has 23 heavy (non-hydrogen) atoms. The molecule has 1 aromatic rings. The van der Waals surface area contributed by atoms with Crippen LogP contribution in [0.4, 0.5) is 5.69 Å². The Kier molecular flexibility index (Phi) is 8.33. The minimum absolute atomic E-state index is 0. The van der Waals surface area contributed by atoms with Crippen molar-refractivity contribution >= 4 is 35.6 Å². The van der Waals surface area contributed by atoms with Gasteiger partial charge in [0.05, 0.1) is 6.54 Å². The van der Waals surface area contributed by atoms with Crippen LogP contribution in [0.15, 0.2) is 35.3 Å². The number of benzene rings is 1. The van der Waals surface area contributed by atoms with Crippen molar-refractivity contribution in [2.24, 2.45) is 4.99 Å². The lowest BCUT2D eigenvalue weighted by Gasteiger charge is -2.33. The van der Waals surface area contributed by atoms with Crippen molar-refractivity contribution < 1.29 is 0 Å². The summed E-state index contributed by atoms with van der Waals surface area (Å²) in [4.78, 5) is 9.55. The summed E-state index contributed by atoms with van der Waals surface area (Å²) < 4.78 is 0. The van der Waals surface area contributed by atoms with Crippen LogP contribution in [-0.4, -0.2) is 55.0 Å². The molecule has 1 aliphatic heterocycles. The Labute approximate surface area is 158 Å². The lowest BCUT2D eigenvalue weighted by Crippen LogP contribution is -2.44. The topological polar surface area (TPSA) is 30.9 Å². The second kappa shape index (κ2) is 9.47. The van der Waals surface area contributed by atoms with Gasteiger partial charge in [0.25, 0.3) is 0 Å². The first kappa shape index (κ1) is 20.2. The van der Waals surface area contributed by atoms with E-state index in [1.807, 2.05) is 6.07 Å². The zero-order chi connectivity index (χ0) is 16.0. The molecule has 1 saturated heterocycles. The van der Waals surface area contributed by atoms with E-state index in [1.165, 1.54) is 19.3 Å². The van der Waals surface area contributed by atoms with E-state index in [0.29, 0.717) is 0 Å². The highest BCUT2D eigenvalue weighted by Crippen LogP contribution is 2.15. The van der Waals surface area contributed by atoms with Crippen LogP contribution < -0.4 is 5.32 Å². The first-order valence-electron chi connectivity index (χ1n) is 8.28. The average Bonchev–Trinajstić information content (AvgIpc) is 2.53. The van der Waals surface area contributed by atoms with Crippen molar-refractivity contribution in [1.82, 2.24) is 9.80 Å². The van der Waals surface area contributed by atoms with E-state index in [4.69, 9.17) is 4.99 Å². The first-order chi connectivity index (χ1) is 10.5. The molecule has 0 amide bonds. The lowest BCUT2D eigenvalue weighted by molar-refractivity contribution is 0.204. The van der Waals surface area contributed by atoms with Crippen LogP contribution in [0, 0.1) is 0 Å². The fourth-order valence-electron chi connectivity index (χ4n) is 2.38. The number of piperidine rings is 1. The van der Waals surface area contributed by atoms with Crippen molar-refractivity contribution in [3.63, 3.8) is 0 Å². The molecule has 1 aromatic carbocycles. The number of halogens is 1. The molecule has 0 atom stereocenters. The van der Waals surface area contributed by atoms with E-state index in [2.05, 4.69) is 67.3 Å². The van der Waals surface area contributed by atoms with Crippen molar-refractivity contribution in [3.05, 3.63) is 30.3 Å². The van der Waals surface area contributed by atoms with E-state index in [1.54, 1.807) is 0 Å². The lowest BCUT2D eigenvalue weighted by atomic mass is 10.1. The quantitative estimate of drug-likeness (QED) is 0.447. The van der Waals surface area contributed by atoms with Crippen LogP contribution in [0.5, 0.6) is 0 Å². The number of anilines is 1. The number of guanidine groups is 1. The zero-order valence-corrected chi connectivity index (χ0v) is 17.2. The second-order valence-electron chi connectivity index (χ2n) is 6.89. The molecule has 0 unspecified atom stereocenters. The summed E-state index contributed by atoms with van der Waals surface area (Å²) >= 11 is 0. The molecule has 0 aliphatic carbocycles. The number of hydrogen-bond donors (Lipinski definition) is 1. The van der Waals surface area contributed by atoms with E-state index in [9.17, 15) is 0 Å². The number of nitrogens with one attached hydrogen (secondary N) is 1. The summed E-state index contributed by atoms with van der Waals surface area (Å²) in [6.45, 7) is 7.44. The highest BCUT2D eigenvalue weighted by Gasteiger charge is 2.21. The summed E-state index contributed by atoms with van der Waals surface area (Å²) in [6.07, 6.45) is 3.84. The molecule has 2 rings (SSSR count). The normalized spacial score (nSPS) is 16.2. The van der Waals surface area contributed by atoms with Crippen LogP contribution in [0.2, 0.25) is 0 Å². The Morgan fingerprint density at radius 3 is 2.30 bits per heavy atom. The highest BCUT2D eigenvalue weighted by molar-refractivity contribution is 14.0. The van der Waals surface area contributed by atoms with E-state index < -0.39 is 0 Å². The number of likely N-dealkylation sites (tertiary alicyclic amines) is 1. The molecule has 0 radical (unpaired) electrons. The molecule has 5 heteroatoms.